The molecule has 2 atom stereocenters. The molecule has 1 saturated heterocycles. The molecule has 2 unspecified atom stereocenters. The number of hydrogen-bond acceptors (Lipinski definition) is 4. The summed E-state index contributed by atoms with van der Waals surface area (Å²) < 4.78 is 18.8. The van der Waals surface area contributed by atoms with Gasteiger partial charge in [-0.3, -0.25) is 4.79 Å². The number of carbonyl (C=O) groups excluding carboxylic acids is 1. The summed E-state index contributed by atoms with van der Waals surface area (Å²) in [7, 11) is 0. The molecule has 1 N–H and O–H groups in total. The van der Waals surface area contributed by atoms with Gasteiger partial charge in [0.05, 0.1) is 24.3 Å². The van der Waals surface area contributed by atoms with Crippen molar-refractivity contribution < 1.29 is 13.9 Å². The molecule has 2 aromatic rings. The number of nitrogens with one attached hydrogen (secondary N) is 1. The van der Waals surface area contributed by atoms with E-state index in [1.54, 1.807) is 6.07 Å². The zero-order valence-corrected chi connectivity index (χ0v) is 13.7. The van der Waals surface area contributed by atoms with Crippen molar-refractivity contribution in [3.63, 3.8) is 0 Å². The number of halogens is 1. The third-order valence-corrected chi connectivity index (χ3v) is 4.82. The molecule has 4 nitrogen and oxygen atoms in total. The molecule has 1 aliphatic rings. The van der Waals surface area contributed by atoms with E-state index in [9.17, 15) is 9.18 Å². The topological polar surface area (TPSA) is 51.2 Å². The molecule has 1 fully saturated rings. The lowest BCUT2D eigenvalue weighted by molar-refractivity contribution is -0.121. The van der Waals surface area contributed by atoms with E-state index in [-0.39, 0.29) is 30.3 Å². The van der Waals surface area contributed by atoms with Crippen LogP contribution < -0.4 is 5.32 Å². The molecule has 3 rings (SSSR count). The summed E-state index contributed by atoms with van der Waals surface area (Å²) in [4.78, 5) is 16.5. The first-order valence-corrected chi connectivity index (χ1v) is 8.61. The van der Waals surface area contributed by atoms with Crippen LogP contribution in [0.25, 0.3) is 10.6 Å². The molecule has 1 amide bonds. The van der Waals surface area contributed by atoms with Gasteiger partial charge in [-0.1, -0.05) is 12.1 Å². The van der Waals surface area contributed by atoms with Gasteiger partial charge in [-0.15, -0.1) is 11.3 Å². The molecule has 1 aliphatic heterocycles. The highest BCUT2D eigenvalue weighted by molar-refractivity contribution is 7.13. The van der Waals surface area contributed by atoms with Crippen molar-refractivity contribution in [1.82, 2.24) is 10.3 Å². The SMILES string of the molecule is CC(NC(=O)Cc1csc(-c2cccc(F)c2)n1)C1CCCO1. The molecule has 1 aromatic carbocycles. The quantitative estimate of drug-likeness (QED) is 0.914. The average Bonchev–Trinajstić information content (AvgIpc) is 3.18. The summed E-state index contributed by atoms with van der Waals surface area (Å²) >= 11 is 1.42. The van der Waals surface area contributed by atoms with Crippen LogP contribution in [0.4, 0.5) is 4.39 Å². The van der Waals surface area contributed by atoms with Crippen molar-refractivity contribution in [2.24, 2.45) is 0 Å². The fourth-order valence-electron chi connectivity index (χ4n) is 2.70. The smallest absolute Gasteiger partial charge is 0.226 e. The van der Waals surface area contributed by atoms with E-state index in [4.69, 9.17) is 4.74 Å². The highest BCUT2D eigenvalue weighted by atomic mass is 32.1. The Bertz CT molecular complexity index is 683. The molecule has 2 heterocycles. The van der Waals surface area contributed by atoms with Crippen LogP contribution in [0.15, 0.2) is 29.6 Å². The second-order valence-electron chi connectivity index (χ2n) is 5.74. The van der Waals surface area contributed by atoms with Crippen LogP contribution in [-0.2, 0) is 16.0 Å². The van der Waals surface area contributed by atoms with Gasteiger partial charge in [0.15, 0.2) is 0 Å². The van der Waals surface area contributed by atoms with Crippen molar-refractivity contribution in [2.45, 2.75) is 38.3 Å². The Morgan fingerprint density at radius 2 is 2.43 bits per heavy atom. The standard InChI is InChI=1S/C17H19FN2O2S/c1-11(15-6-3-7-22-15)19-16(21)9-14-10-23-17(20-14)12-4-2-5-13(18)8-12/h2,4-5,8,10-11,15H,3,6-7,9H2,1H3,(H,19,21). The Morgan fingerprint density at radius 1 is 1.57 bits per heavy atom. The summed E-state index contributed by atoms with van der Waals surface area (Å²) in [6.07, 6.45) is 2.37. The van der Waals surface area contributed by atoms with Gasteiger partial charge in [0, 0.05) is 17.6 Å². The molecular formula is C17H19FN2O2S. The maximum atomic E-state index is 13.3. The molecule has 0 radical (unpaired) electrons. The first kappa shape index (κ1) is 16.1. The number of thiazole rings is 1. The predicted octanol–water partition coefficient (Wildman–Crippen LogP) is 3.18. The molecule has 6 heteroatoms. The van der Waals surface area contributed by atoms with Gasteiger partial charge in [0.25, 0.3) is 0 Å². The van der Waals surface area contributed by atoms with E-state index < -0.39 is 0 Å². The van der Waals surface area contributed by atoms with Gasteiger partial charge in [-0.05, 0) is 31.9 Å². The molecule has 0 saturated carbocycles. The summed E-state index contributed by atoms with van der Waals surface area (Å²) in [6, 6.07) is 6.32. The van der Waals surface area contributed by atoms with Crippen LogP contribution in [0.1, 0.15) is 25.5 Å². The van der Waals surface area contributed by atoms with E-state index in [1.165, 1.54) is 23.5 Å². The Hall–Kier alpha value is -1.79. The number of carbonyl (C=O) groups is 1. The van der Waals surface area contributed by atoms with Crippen LogP contribution >= 0.6 is 11.3 Å². The Labute approximate surface area is 138 Å². The van der Waals surface area contributed by atoms with Crippen molar-refractivity contribution in [3.05, 3.63) is 41.2 Å². The van der Waals surface area contributed by atoms with Gasteiger partial charge >= 0.3 is 0 Å². The third-order valence-electron chi connectivity index (χ3n) is 3.88. The minimum absolute atomic E-state index is 0.00586. The lowest BCUT2D eigenvalue weighted by Gasteiger charge is -2.19. The van der Waals surface area contributed by atoms with Gasteiger partial charge in [-0.2, -0.15) is 0 Å². The molecule has 0 aliphatic carbocycles. The van der Waals surface area contributed by atoms with E-state index in [1.807, 2.05) is 18.4 Å². The first-order valence-electron chi connectivity index (χ1n) is 7.73. The van der Waals surface area contributed by atoms with Crippen LogP contribution in [0, 0.1) is 5.82 Å². The van der Waals surface area contributed by atoms with E-state index in [2.05, 4.69) is 10.3 Å². The van der Waals surface area contributed by atoms with Gasteiger partial charge < -0.3 is 10.1 Å². The fourth-order valence-corrected chi connectivity index (χ4v) is 3.52. The number of amides is 1. The molecular weight excluding hydrogens is 315 g/mol. The Kier molecular flexibility index (Phi) is 5.03. The van der Waals surface area contributed by atoms with Crippen LogP contribution in [-0.4, -0.2) is 29.6 Å². The minimum atomic E-state index is -0.289. The van der Waals surface area contributed by atoms with Gasteiger partial charge in [0.2, 0.25) is 5.91 Å². The molecule has 0 spiro atoms. The average molecular weight is 334 g/mol. The van der Waals surface area contributed by atoms with E-state index in [0.717, 1.165) is 30.0 Å². The number of hydrogen-bond donors (Lipinski definition) is 1. The van der Waals surface area contributed by atoms with Crippen LogP contribution in [0.5, 0.6) is 0 Å². The molecule has 23 heavy (non-hydrogen) atoms. The van der Waals surface area contributed by atoms with Crippen molar-refractivity contribution in [1.29, 1.82) is 0 Å². The number of rotatable bonds is 5. The number of aromatic nitrogens is 1. The normalized spacial score (nSPS) is 18.8. The maximum absolute atomic E-state index is 13.3. The number of nitrogens with zero attached hydrogens (tertiary/aromatic N) is 1. The fraction of sp³-hybridized carbons (Fsp3) is 0.412. The summed E-state index contributed by atoms with van der Waals surface area (Å²) in [5.41, 5.74) is 1.43. The molecule has 0 bridgehead atoms. The Morgan fingerprint density at radius 3 is 3.17 bits per heavy atom. The second kappa shape index (κ2) is 7.19. The van der Waals surface area contributed by atoms with Crippen LogP contribution in [0.2, 0.25) is 0 Å². The second-order valence-corrected chi connectivity index (χ2v) is 6.60. The monoisotopic (exact) mass is 334 g/mol. The highest BCUT2D eigenvalue weighted by Gasteiger charge is 2.23. The van der Waals surface area contributed by atoms with Gasteiger partial charge in [0.1, 0.15) is 10.8 Å². The van der Waals surface area contributed by atoms with Crippen molar-refractivity contribution >= 4 is 17.2 Å². The van der Waals surface area contributed by atoms with E-state index >= 15 is 0 Å². The first-order chi connectivity index (χ1) is 11.1. The summed E-state index contributed by atoms with van der Waals surface area (Å²) in [6.45, 7) is 2.74. The zero-order valence-electron chi connectivity index (χ0n) is 12.9. The summed E-state index contributed by atoms with van der Waals surface area (Å²) in [5, 5.41) is 5.53. The zero-order chi connectivity index (χ0) is 16.2. The number of benzene rings is 1. The lowest BCUT2D eigenvalue weighted by Crippen LogP contribution is -2.41. The third kappa shape index (κ3) is 4.14. The maximum Gasteiger partial charge on any atom is 0.226 e. The highest BCUT2D eigenvalue weighted by Crippen LogP contribution is 2.24. The Balaban J connectivity index is 1.59. The van der Waals surface area contributed by atoms with Gasteiger partial charge in [-0.25, -0.2) is 9.37 Å². The minimum Gasteiger partial charge on any atom is -0.376 e. The van der Waals surface area contributed by atoms with E-state index in [0.29, 0.717) is 5.69 Å². The predicted molar refractivity (Wildman–Crippen MR) is 87.8 cm³/mol. The van der Waals surface area contributed by atoms with Crippen LogP contribution in [0.3, 0.4) is 0 Å². The largest absolute Gasteiger partial charge is 0.376 e. The number of ether oxygens (including phenoxy) is 1. The molecule has 1 aromatic heterocycles. The van der Waals surface area contributed by atoms with Crippen molar-refractivity contribution in [3.8, 4) is 10.6 Å². The summed E-state index contributed by atoms with van der Waals surface area (Å²) in [5.74, 6) is -0.355. The van der Waals surface area contributed by atoms with Crippen molar-refractivity contribution in [2.75, 3.05) is 6.61 Å². The molecule has 122 valence electrons. The lowest BCUT2D eigenvalue weighted by atomic mass is 10.1.